The minimum absolute atomic E-state index is 0.00433. The number of carbonyl (C=O) groups excluding carboxylic acids is 3. The molecule has 12 heteroatoms. The maximum atomic E-state index is 14.2. The Morgan fingerprint density at radius 2 is 1.64 bits per heavy atom. The molecule has 1 aliphatic heterocycles. The summed E-state index contributed by atoms with van der Waals surface area (Å²) in [6, 6.07) is 17.6. The van der Waals surface area contributed by atoms with Crippen molar-refractivity contribution in [1.29, 1.82) is 0 Å². The number of hydrogen-bond donors (Lipinski definition) is 3. The fourth-order valence-electron chi connectivity index (χ4n) is 5.72. The number of carbonyl (C=O) groups is 3. The minimum atomic E-state index is -1.42. The number of rotatable bonds is 16. The van der Waals surface area contributed by atoms with Crippen LogP contribution in [0.3, 0.4) is 0 Å². The third-order valence-electron chi connectivity index (χ3n) is 8.29. The van der Waals surface area contributed by atoms with Crippen LogP contribution in [-0.2, 0) is 45.0 Å². The summed E-state index contributed by atoms with van der Waals surface area (Å²) in [4.78, 5) is 41.3. The Kier molecular flexibility index (Phi) is 14.5. The van der Waals surface area contributed by atoms with E-state index >= 15 is 0 Å². The zero-order valence-electron chi connectivity index (χ0n) is 28.8. The molecule has 270 valence electrons. The molecule has 1 heterocycles. The Morgan fingerprint density at radius 1 is 0.940 bits per heavy atom. The molecule has 0 saturated carbocycles. The molecule has 3 aromatic carbocycles. The van der Waals surface area contributed by atoms with Gasteiger partial charge in [0, 0.05) is 19.0 Å². The first kappa shape index (κ1) is 38.3. The first-order chi connectivity index (χ1) is 24.0. The van der Waals surface area contributed by atoms with Crippen LogP contribution in [0.25, 0.3) is 0 Å². The Morgan fingerprint density at radius 3 is 2.30 bits per heavy atom. The molecule has 0 aromatic heterocycles. The van der Waals surface area contributed by atoms with Gasteiger partial charge >= 0.3 is 12.2 Å². The van der Waals surface area contributed by atoms with E-state index in [1.165, 1.54) is 4.90 Å². The summed E-state index contributed by atoms with van der Waals surface area (Å²) in [6.45, 7) is 6.30. The third-order valence-corrected chi connectivity index (χ3v) is 8.29. The van der Waals surface area contributed by atoms with Crippen molar-refractivity contribution in [3.63, 3.8) is 0 Å². The number of nitrogens with one attached hydrogen (secondary N) is 2. The number of aliphatic hydroxyl groups excluding tert-OH is 1. The highest BCUT2D eigenvalue weighted by Crippen LogP contribution is 2.17. The lowest BCUT2D eigenvalue weighted by Crippen LogP contribution is -2.56. The van der Waals surface area contributed by atoms with Gasteiger partial charge in [-0.15, -0.1) is 0 Å². The van der Waals surface area contributed by atoms with Crippen molar-refractivity contribution < 1.29 is 42.5 Å². The highest BCUT2D eigenvalue weighted by Gasteiger charge is 2.31. The van der Waals surface area contributed by atoms with Crippen molar-refractivity contribution in [2.75, 3.05) is 19.8 Å². The van der Waals surface area contributed by atoms with E-state index in [2.05, 4.69) is 10.6 Å². The van der Waals surface area contributed by atoms with Gasteiger partial charge in [0.25, 0.3) is 0 Å². The summed E-state index contributed by atoms with van der Waals surface area (Å²) >= 11 is 0. The Balaban J connectivity index is 1.57. The van der Waals surface area contributed by atoms with Crippen LogP contribution >= 0.6 is 0 Å². The van der Waals surface area contributed by atoms with E-state index in [4.69, 9.17) is 14.2 Å². The SMILES string of the molecule is CCc1cccc(CN(C[C@@H](O)[C@H](Cc2cc(F)cc(F)c2)NC(=O)[C@@H](CC(C)C)NC(=O)O[C@H]2CCOC2)C(=O)OCc2ccccc2)c1. The van der Waals surface area contributed by atoms with Crippen LogP contribution < -0.4 is 10.6 Å². The Labute approximate surface area is 292 Å². The first-order valence-electron chi connectivity index (χ1n) is 17.0. The molecule has 4 atom stereocenters. The molecule has 3 amide bonds. The quantitative estimate of drug-likeness (QED) is 0.176. The van der Waals surface area contributed by atoms with E-state index in [-0.39, 0.29) is 50.6 Å². The largest absolute Gasteiger partial charge is 0.445 e. The van der Waals surface area contributed by atoms with Gasteiger partial charge in [-0.3, -0.25) is 4.79 Å². The summed E-state index contributed by atoms with van der Waals surface area (Å²) in [5.74, 6) is -2.29. The predicted octanol–water partition coefficient (Wildman–Crippen LogP) is 5.68. The average molecular weight is 696 g/mol. The van der Waals surface area contributed by atoms with Crippen molar-refractivity contribution in [3.8, 4) is 0 Å². The molecule has 0 bridgehead atoms. The molecular formula is C38H47F2N3O7. The lowest BCUT2D eigenvalue weighted by molar-refractivity contribution is -0.125. The van der Waals surface area contributed by atoms with Crippen LogP contribution in [0.4, 0.5) is 18.4 Å². The minimum Gasteiger partial charge on any atom is -0.445 e. The summed E-state index contributed by atoms with van der Waals surface area (Å²) in [5, 5.41) is 17.1. The fraction of sp³-hybridized carbons (Fsp3) is 0.447. The van der Waals surface area contributed by atoms with Crippen LogP contribution in [0.15, 0.2) is 72.8 Å². The van der Waals surface area contributed by atoms with Crippen LogP contribution in [0.2, 0.25) is 0 Å². The molecule has 0 aliphatic carbocycles. The number of nitrogens with zero attached hydrogens (tertiary/aromatic N) is 1. The van der Waals surface area contributed by atoms with Crippen molar-refractivity contribution in [3.05, 3.63) is 107 Å². The molecule has 1 saturated heterocycles. The van der Waals surface area contributed by atoms with Gasteiger partial charge in [0.1, 0.15) is 30.4 Å². The summed E-state index contributed by atoms with van der Waals surface area (Å²) < 4.78 is 44.8. The molecule has 0 spiro atoms. The predicted molar refractivity (Wildman–Crippen MR) is 183 cm³/mol. The number of aliphatic hydroxyl groups is 1. The summed E-state index contributed by atoms with van der Waals surface area (Å²) in [7, 11) is 0. The highest BCUT2D eigenvalue weighted by atomic mass is 19.1. The lowest BCUT2D eigenvalue weighted by atomic mass is 9.98. The van der Waals surface area contributed by atoms with E-state index in [1.54, 1.807) is 0 Å². The van der Waals surface area contributed by atoms with Gasteiger partial charge in [-0.2, -0.15) is 0 Å². The molecule has 3 aromatic rings. The normalized spacial score (nSPS) is 15.9. The molecule has 0 unspecified atom stereocenters. The van der Waals surface area contributed by atoms with Crippen molar-refractivity contribution in [2.45, 2.75) is 83.9 Å². The highest BCUT2D eigenvalue weighted by molar-refractivity contribution is 5.86. The van der Waals surface area contributed by atoms with Crippen molar-refractivity contribution >= 4 is 18.1 Å². The number of ether oxygens (including phenoxy) is 3. The second kappa shape index (κ2) is 19.0. The van der Waals surface area contributed by atoms with Crippen molar-refractivity contribution in [1.82, 2.24) is 15.5 Å². The van der Waals surface area contributed by atoms with E-state index in [0.717, 1.165) is 41.3 Å². The van der Waals surface area contributed by atoms with E-state index < -0.39 is 54.0 Å². The number of alkyl carbamates (subject to hydrolysis) is 1. The number of amides is 3. The first-order valence-corrected chi connectivity index (χ1v) is 17.0. The number of benzene rings is 3. The van der Waals surface area contributed by atoms with Gasteiger partial charge < -0.3 is 34.9 Å². The zero-order valence-corrected chi connectivity index (χ0v) is 28.8. The molecule has 50 heavy (non-hydrogen) atoms. The second-order valence-corrected chi connectivity index (χ2v) is 13.0. The zero-order chi connectivity index (χ0) is 36.0. The fourth-order valence-corrected chi connectivity index (χ4v) is 5.72. The van der Waals surface area contributed by atoms with Crippen LogP contribution in [0.5, 0.6) is 0 Å². The number of hydrogen-bond acceptors (Lipinski definition) is 7. The molecule has 3 N–H and O–H groups in total. The van der Waals surface area contributed by atoms with Crippen molar-refractivity contribution in [2.24, 2.45) is 5.92 Å². The summed E-state index contributed by atoms with van der Waals surface area (Å²) in [6.07, 6.45) is -1.96. The van der Waals surface area contributed by atoms with Crippen LogP contribution in [0, 0.1) is 17.6 Å². The monoisotopic (exact) mass is 695 g/mol. The van der Waals surface area contributed by atoms with E-state index in [1.807, 2.05) is 75.4 Å². The van der Waals surface area contributed by atoms with Gasteiger partial charge in [0.05, 0.1) is 31.9 Å². The van der Waals surface area contributed by atoms with Gasteiger partial charge in [-0.1, -0.05) is 75.4 Å². The molecular weight excluding hydrogens is 648 g/mol. The topological polar surface area (TPSA) is 126 Å². The van der Waals surface area contributed by atoms with E-state index in [0.29, 0.717) is 13.0 Å². The molecule has 1 fully saturated rings. The third kappa shape index (κ3) is 12.4. The molecule has 4 rings (SSSR count). The molecule has 0 radical (unpaired) electrons. The smallest absolute Gasteiger partial charge is 0.410 e. The number of halogens is 2. The Hall–Kier alpha value is -4.55. The van der Waals surface area contributed by atoms with Gasteiger partial charge in [-0.25, -0.2) is 18.4 Å². The maximum absolute atomic E-state index is 14.2. The number of aryl methyl sites for hydroxylation is 1. The second-order valence-electron chi connectivity index (χ2n) is 13.0. The maximum Gasteiger partial charge on any atom is 0.410 e. The Bertz CT molecular complexity index is 1530. The van der Waals surface area contributed by atoms with Gasteiger partial charge in [0.15, 0.2) is 0 Å². The van der Waals surface area contributed by atoms with Gasteiger partial charge in [0.2, 0.25) is 5.91 Å². The standard InChI is InChI=1S/C38H47F2N3O7/c1-4-26-11-8-12-28(16-26)21-43(38(47)49-23-27-9-6-5-7-10-27)22-35(44)33(19-29-17-30(39)20-31(40)18-29)41-36(45)34(15-25(2)3)42-37(46)50-32-13-14-48-24-32/h5-12,16-18,20,25,32-35,44H,4,13-15,19,21-24H2,1-3H3,(H,41,45)(H,42,46)/t32-,33-,34+,35+/m0/s1. The van der Waals surface area contributed by atoms with Crippen LogP contribution in [-0.4, -0.2) is 72.2 Å². The average Bonchev–Trinajstić information content (AvgIpc) is 3.59. The van der Waals surface area contributed by atoms with Crippen LogP contribution in [0.1, 0.15) is 55.9 Å². The summed E-state index contributed by atoms with van der Waals surface area (Å²) in [5.41, 5.74) is 2.81. The lowest BCUT2D eigenvalue weighted by Gasteiger charge is -2.31. The molecule has 10 nitrogen and oxygen atoms in total. The van der Waals surface area contributed by atoms with E-state index in [9.17, 15) is 28.3 Å². The molecule has 1 aliphatic rings. The van der Waals surface area contributed by atoms with Gasteiger partial charge in [-0.05, 0) is 59.6 Å².